The molecule has 15 heavy (non-hydrogen) atoms. The Morgan fingerprint density at radius 3 is 2.27 bits per heavy atom. The Labute approximate surface area is 92.3 Å². The third-order valence-corrected chi connectivity index (χ3v) is 2.49. The molecule has 0 aliphatic carbocycles. The number of hydrogen-bond acceptors (Lipinski definition) is 3. The van der Waals surface area contributed by atoms with E-state index in [4.69, 9.17) is 0 Å². The van der Waals surface area contributed by atoms with Gasteiger partial charge >= 0.3 is 0 Å². The summed E-state index contributed by atoms with van der Waals surface area (Å²) in [5.41, 5.74) is 1.15. The highest BCUT2D eigenvalue weighted by molar-refractivity contribution is 5.06. The van der Waals surface area contributed by atoms with Gasteiger partial charge in [-0.3, -0.25) is 0 Å². The summed E-state index contributed by atoms with van der Waals surface area (Å²) in [5.74, 6) is 1.41. The second kappa shape index (κ2) is 5.81. The third kappa shape index (κ3) is 3.96. The SMILES string of the molecule is CCC(C)c1ncc(CNC(C)C)cn1. The van der Waals surface area contributed by atoms with Gasteiger partial charge in [0.1, 0.15) is 5.82 Å². The second-order valence-corrected chi connectivity index (χ2v) is 4.29. The van der Waals surface area contributed by atoms with E-state index in [0.717, 1.165) is 24.4 Å². The molecule has 0 aromatic carbocycles. The van der Waals surface area contributed by atoms with E-state index < -0.39 is 0 Å². The van der Waals surface area contributed by atoms with Crippen molar-refractivity contribution in [2.45, 2.75) is 52.6 Å². The Bertz CT molecular complexity index is 279. The van der Waals surface area contributed by atoms with Crippen molar-refractivity contribution in [1.29, 1.82) is 0 Å². The van der Waals surface area contributed by atoms with Gasteiger partial charge in [0.05, 0.1) is 0 Å². The molecule has 1 rings (SSSR count). The first-order chi connectivity index (χ1) is 7.13. The number of nitrogens with one attached hydrogen (secondary N) is 1. The molecule has 0 saturated heterocycles. The van der Waals surface area contributed by atoms with Crippen molar-refractivity contribution in [1.82, 2.24) is 15.3 Å². The molecule has 0 spiro atoms. The lowest BCUT2D eigenvalue weighted by molar-refractivity contribution is 0.584. The van der Waals surface area contributed by atoms with Crippen LogP contribution in [0.1, 0.15) is 51.4 Å². The second-order valence-electron chi connectivity index (χ2n) is 4.29. The summed E-state index contributed by atoms with van der Waals surface area (Å²) in [5, 5.41) is 3.34. The van der Waals surface area contributed by atoms with Gasteiger partial charge in [-0.2, -0.15) is 0 Å². The van der Waals surface area contributed by atoms with Gasteiger partial charge in [-0.1, -0.05) is 27.7 Å². The van der Waals surface area contributed by atoms with E-state index in [1.807, 2.05) is 12.4 Å². The molecule has 1 aromatic heterocycles. The number of nitrogens with zero attached hydrogens (tertiary/aromatic N) is 2. The lowest BCUT2D eigenvalue weighted by atomic mass is 10.1. The number of aromatic nitrogens is 2. The van der Waals surface area contributed by atoms with Crippen LogP contribution in [-0.4, -0.2) is 16.0 Å². The van der Waals surface area contributed by atoms with Crippen LogP contribution in [0.15, 0.2) is 12.4 Å². The van der Waals surface area contributed by atoms with Crippen LogP contribution in [0.25, 0.3) is 0 Å². The van der Waals surface area contributed by atoms with Gasteiger partial charge in [0.25, 0.3) is 0 Å². The van der Waals surface area contributed by atoms with Gasteiger partial charge in [-0.25, -0.2) is 9.97 Å². The Balaban J connectivity index is 2.56. The molecule has 1 aromatic rings. The summed E-state index contributed by atoms with van der Waals surface area (Å²) in [6.45, 7) is 9.42. The zero-order valence-electron chi connectivity index (χ0n) is 10.1. The maximum atomic E-state index is 4.38. The quantitative estimate of drug-likeness (QED) is 0.806. The number of hydrogen-bond donors (Lipinski definition) is 1. The molecule has 3 nitrogen and oxygen atoms in total. The first-order valence-corrected chi connectivity index (χ1v) is 5.67. The van der Waals surface area contributed by atoms with Crippen LogP contribution in [0.3, 0.4) is 0 Å². The van der Waals surface area contributed by atoms with Crippen molar-refractivity contribution in [3.05, 3.63) is 23.8 Å². The monoisotopic (exact) mass is 207 g/mol. The van der Waals surface area contributed by atoms with Crippen molar-refractivity contribution >= 4 is 0 Å². The molecule has 0 radical (unpaired) electrons. The van der Waals surface area contributed by atoms with Crippen LogP contribution in [0.5, 0.6) is 0 Å². The normalized spacial score (nSPS) is 13.1. The Morgan fingerprint density at radius 1 is 1.20 bits per heavy atom. The minimum Gasteiger partial charge on any atom is -0.310 e. The van der Waals surface area contributed by atoms with Crippen molar-refractivity contribution < 1.29 is 0 Å². The predicted molar refractivity (Wildman–Crippen MR) is 62.7 cm³/mol. The molecule has 1 atom stereocenters. The van der Waals surface area contributed by atoms with Crippen molar-refractivity contribution in [3.8, 4) is 0 Å². The van der Waals surface area contributed by atoms with E-state index in [1.54, 1.807) is 0 Å². The lowest BCUT2D eigenvalue weighted by Crippen LogP contribution is -2.22. The number of rotatable bonds is 5. The molecule has 3 heteroatoms. The molecule has 1 N–H and O–H groups in total. The van der Waals surface area contributed by atoms with Crippen molar-refractivity contribution in [2.75, 3.05) is 0 Å². The Kier molecular flexibility index (Phi) is 4.69. The summed E-state index contributed by atoms with van der Waals surface area (Å²) in [4.78, 5) is 8.75. The summed E-state index contributed by atoms with van der Waals surface area (Å²) in [7, 11) is 0. The molecular weight excluding hydrogens is 186 g/mol. The maximum absolute atomic E-state index is 4.38. The fourth-order valence-corrected chi connectivity index (χ4v) is 1.22. The maximum Gasteiger partial charge on any atom is 0.131 e. The van der Waals surface area contributed by atoms with Crippen molar-refractivity contribution in [3.63, 3.8) is 0 Å². The zero-order valence-corrected chi connectivity index (χ0v) is 10.1. The van der Waals surface area contributed by atoms with Gasteiger partial charge < -0.3 is 5.32 Å². The van der Waals surface area contributed by atoms with Gasteiger partial charge in [0, 0.05) is 36.5 Å². The molecule has 0 amide bonds. The molecule has 0 saturated carbocycles. The molecular formula is C12H21N3. The van der Waals surface area contributed by atoms with Crippen LogP contribution >= 0.6 is 0 Å². The van der Waals surface area contributed by atoms with E-state index in [1.165, 1.54) is 0 Å². The minimum absolute atomic E-state index is 0.456. The summed E-state index contributed by atoms with van der Waals surface area (Å²) >= 11 is 0. The first kappa shape index (κ1) is 12.1. The molecule has 0 bridgehead atoms. The van der Waals surface area contributed by atoms with E-state index in [9.17, 15) is 0 Å². The summed E-state index contributed by atoms with van der Waals surface area (Å²) in [6, 6.07) is 0.499. The fourth-order valence-electron chi connectivity index (χ4n) is 1.22. The van der Waals surface area contributed by atoms with Gasteiger partial charge in [0.2, 0.25) is 0 Å². The first-order valence-electron chi connectivity index (χ1n) is 5.67. The van der Waals surface area contributed by atoms with E-state index in [-0.39, 0.29) is 0 Å². The highest BCUT2D eigenvalue weighted by atomic mass is 14.9. The minimum atomic E-state index is 0.456. The lowest BCUT2D eigenvalue weighted by Gasteiger charge is -2.09. The Morgan fingerprint density at radius 2 is 1.80 bits per heavy atom. The van der Waals surface area contributed by atoms with Crippen LogP contribution in [0, 0.1) is 0 Å². The van der Waals surface area contributed by atoms with Crippen molar-refractivity contribution in [2.24, 2.45) is 0 Å². The van der Waals surface area contributed by atoms with E-state index >= 15 is 0 Å². The Hall–Kier alpha value is -0.960. The summed E-state index contributed by atoms with van der Waals surface area (Å²) < 4.78 is 0. The van der Waals surface area contributed by atoms with Gasteiger partial charge in [-0.15, -0.1) is 0 Å². The standard InChI is InChI=1S/C12H21N3/c1-5-10(4)12-14-7-11(8-15-12)6-13-9(2)3/h7-10,13H,5-6H2,1-4H3. The van der Waals surface area contributed by atoms with Crippen LogP contribution in [0.4, 0.5) is 0 Å². The largest absolute Gasteiger partial charge is 0.310 e. The zero-order chi connectivity index (χ0) is 11.3. The van der Waals surface area contributed by atoms with E-state index in [2.05, 4.69) is 43.0 Å². The highest BCUT2D eigenvalue weighted by Gasteiger charge is 2.05. The molecule has 0 aliphatic heterocycles. The predicted octanol–water partition coefficient (Wildman–Crippen LogP) is 2.49. The topological polar surface area (TPSA) is 37.8 Å². The molecule has 1 heterocycles. The van der Waals surface area contributed by atoms with Crippen LogP contribution in [-0.2, 0) is 6.54 Å². The van der Waals surface area contributed by atoms with Crippen LogP contribution < -0.4 is 5.32 Å². The molecule has 84 valence electrons. The average molecular weight is 207 g/mol. The third-order valence-electron chi connectivity index (χ3n) is 2.49. The molecule has 1 unspecified atom stereocenters. The smallest absolute Gasteiger partial charge is 0.131 e. The highest BCUT2D eigenvalue weighted by Crippen LogP contribution is 2.13. The van der Waals surface area contributed by atoms with Gasteiger partial charge in [-0.05, 0) is 6.42 Å². The molecule has 0 aliphatic rings. The van der Waals surface area contributed by atoms with Gasteiger partial charge in [0.15, 0.2) is 0 Å². The fraction of sp³-hybridized carbons (Fsp3) is 0.667. The van der Waals surface area contributed by atoms with E-state index in [0.29, 0.717) is 12.0 Å². The average Bonchev–Trinajstić information content (AvgIpc) is 2.26. The summed E-state index contributed by atoms with van der Waals surface area (Å²) in [6.07, 6.45) is 4.93. The molecule has 0 fully saturated rings. The van der Waals surface area contributed by atoms with Crippen LogP contribution in [0.2, 0.25) is 0 Å².